The lowest BCUT2D eigenvalue weighted by Gasteiger charge is -2.24. The van der Waals surface area contributed by atoms with E-state index in [1.807, 2.05) is 18.2 Å². The zero-order chi connectivity index (χ0) is 13.2. The van der Waals surface area contributed by atoms with Gasteiger partial charge in [-0.15, -0.1) is 0 Å². The first-order chi connectivity index (χ1) is 8.77. The molecule has 0 aliphatic carbocycles. The third-order valence-electron chi connectivity index (χ3n) is 2.92. The van der Waals surface area contributed by atoms with Gasteiger partial charge in [0.1, 0.15) is 5.84 Å². The molecule has 0 atom stereocenters. The molecule has 18 heavy (non-hydrogen) atoms. The molecule has 100 valence electrons. The summed E-state index contributed by atoms with van der Waals surface area (Å²) in [6.45, 7) is 3.99. The highest BCUT2D eigenvalue weighted by molar-refractivity contribution is 5.80. The van der Waals surface area contributed by atoms with Crippen molar-refractivity contribution >= 4 is 11.5 Å². The average molecular weight is 249 g/mol. The van der Waals surface area contributed by atoms with E-state index >= 15 is 0 Å². The van der Waals surface area contributed by atoms with Crippen LogP contribution in [0.25, 0.3) is 0 Å². The van der Waals surface area contributed by atoms with Gasteiger partial charge in [-0.2, -0.15) is 0 Å². The first-order valence-electron chi connectivity index (χ1n) is 6.54. The van der Waals surface area contributed by atoms with Crippen LogP contribution in [0.4, 0.5) is 5.69 Å². The maximum absolute atomic E-state index is 8.58. The second-order valence-electron chi connectivity index (χ2n) is 4.37. The van der Waals surface area contributed by atoms with Crippen LogP contribution in [0.1, 0.15) is 32.6 Å². The van der Waals surface area contributed by atoms with E-state index in [0.717, 1.165) is 13.1 Å². The molecule has 0 saturated carbocycles. The second kappa shape index (κ2) is 8.39. The molecule has 0 radical (unpaired) electrons. The molecule has 0 aliphatic rings. The molecule has 1 aromatic carbocycles. The van der Waals surface area contributed by atoms with Crippen LogP contribution in [0, 0.1) is 0 Å². The molecule has 1 aromatic rings. The molecule has 0 unspecified atom stereocenters. The van der Waals surface area contributed by atoms with E-state index in [1.54, 1.807) is 0 Å². The summed E-state index contributed by atoms with van der Waals surface area (Å²) < 4.78 is 0. The highest BCUT2D eigenvalue weighted by atomic mass is 16.4. The fraction of sp³-hybridized carbons (Fsp3) is 0.500. The molecule has 0 heterocycles. The number of nitrogens with two attached hydrogens (primary N) is 1. The van der Waals surface area contributed by atoms with E-state index in [4.69, 9.17) is 10.9 Å². The summed E-state index contributed by atoms with van der Waals surface area (Å²) in [7, 11) is 0. The number of nitrogens with zero attached hydrogens (tertiary/aromatic N) is 2. The molecule has 4 heteroatoms. The van der Waals surface area contributed by atoms with Crippen LogP contribution in [0.2, 0.25) is 0 Å². The molecular weight excluding hydrogens is 226 g/mol. The summed E-state index contributed by atoms with van der Waals surface area (Å²) in [5, 5.41) is 11.6. The lowest BCUT2D eigenvalue weighted by Crippen LogP contribution is -2.29. The Balaban J connectivity index is 2.57. The number of hydrogen-bond acceptors (Lipinski definition) is 3. The molecule has 0 fully saturated rings. The Morgan fingerprint density at radius 2 is 1.94 bits per heavy atom. The number of unbranched alkanes of at least 4 members (excludes halogenated alkanes) is 2. The number of oxime groups is 1. The summed E-state index contributed by atoms with van der Waals surface area (Å²) >= 11 is 0. The third-order valence-corrected chi connectivity index (χ3v) is 2.92. The maximum atomic E-state index is 8.58. The summed E-state index contributed by atoms with van der Waals surface area (Å²) in [5.41, 5.74) is 6.72. The van der Waals surface area contributed by atoms with Crippen molar-refractivity contribution in [1.82, 2.24) is 0 Å². The third kappa shape index (κ3) is 5.08. The van der Waals surface area contributed by atoms with Gasteiger partial charge in [0, 0.05) is 25.2 Å². The van der Waals surface area contributed by atoms with E-state index in [9.17, 15) is 0 Å². The van der Waals surface area contributed by atoms with Crippen molar-refractivity contribution < 1.29 is 5.21 Å². The van der Waals surface area contributed by atoms with Gasteiger partial charge >= 0.3 is 0 Å². The zero-order valence-corrected chi connectivity index (χ0v) is 11.0. The molecule has 0 bridgehead atoms. The van der Waals surface area contributed by atoms with E-state index in [-0.39, 0.29) is 5.84 Å². The van der Waals surface area contributed by atoms with Crippen LogP contribution in [0.15, 0.2) is 35.5 Å². The van der Waals surface area contributed by atoms with E-state index in [1.165, 1.54) is 24.9 Å². The second-order valence-corrected chi connectivity index (χ2v) is 4.37. The Hall–Kier alpha value is -1.71. The maximum Gasteiger partial charge on any atom is 0.140 e. The van der Waals surface area contributed by atoms with Gasteiger partial charge < -0.3 is 15.8 Å². The lowest BCUT2D eigenvalue weighted by atomic mass is 10.2. The molecule has 0 spiro atoms. The Labute approximate surface area is 109 Å². The van der Waals surface area contributed by atoms with Gasteiger partial charge in [0.25, 0.3) is 0 Å². The van der Waals surface area contributed by atoms with Crippen LogP contribution >= 0.6 is 0 Å². The Bertz CT molecular complexity index is 351. The zero-order valence-electron chi connectivity index (χ0n) is 11.0. The minimum atomic E-state index is 0.284. The van der Waals surface area contributed by atoms with E-state index < -0.39 is 0 Å². The number of rotatable bonds is 8. The van der Waals surface area contributed by atoms with Crippen molar-refractivity contribution in [1.29, 1.82) is 0 Å². The molecule has 0 amide bonds. The summed E-state index contributed by atoms with van der Waals surface area (Å²) in [6, 6.07) is 10.3. The first kappa shape index (κ1) is 14.4. The highest BCUT2D eigenvalue weighted by Gasteiger charge is 2.06. The molecular formula is C14H23N3O. The number of benzene rings is 1. The quantitative estimate of drug-likeness (QED) is 0.245. The van der Waals surface area contributed by atoms with Gasteiger partial charge in [0.2, 0.25) is 0 Å². The molecule has 0 aliphatic heterocycles. The lowest BCUT2D eigenvalue weighted by molar-refractivity contribution is 0.317. The van der Waals surface area contributed by atoms with Crippen LogP contribution in [-0.2, 0) is 0 Å². The first-order valence-corrected chi connectivity index (χ1v) is 6.54. The van der Waals surface area contributed by atoms with E-state index in [0.29, 0.717) is 6.42 Å². The van der Waals surface area contributed by atoms with Crippen LogP contribution in [0.5, 0.6) is 0 Å². The Kier molecular flexibility index (Phi) is 6.69. The topological polar surface area (TPSA) is 61.8 Å². The van der Waals surface area contributed by atoms with Crippen molar-refractivity contribution in [3.63, 3.8) is 0 Å². The van der Waals surface area contributed by atoms with Crippen molar-refractivity contribution in [3.05, 3.63) is 30.3 Å². The van der Waals surface area contributed by atoms with Crippen LogP contribution < -0.4 is 10.6 Å². The fourth-order valence-corrected chi connectivity index (χ4v) is 1.86. The summed E-state index contributed by atoms with van der Waals surface area (Å²) in [5.74, 6) is 0.284. The summed E-state index contributed by atoms with van der Waals surface area (Å²) in [6.07, 6.45) is 4.19. The van der Waals surface area contributed by atoms with Crippen LogP contribution in [0.3, 0.4) is 0 Å². The molecule has 1 rings (SSSR count). The van der Waals surface area contributed by atoms with Crippen molar-refractivity contribution in [2.75, 3.05) is 18.0 Å². The normalized spacial score (nSPS) is 11.5. The van der Waals surface area contributed by atoms with Crippen molar-refractivity contribution in [2.45, 2.75) is 32.6 Å². The highest BCUT2D eigenvalue weighted by Crippen LogP contribution is 2.14. The van der Waals surface area contributed by atoms with Crippen molar-refractivity contribution in [3.8, 4) is 0 Å². The van der Waals surface area contributed by atoms with Crippen molar-refractivity contribution in [2.24, 2.45) is 10.9 Å². The fourth-order valence-electron chi connectivity index (χ4n) is 1.86. The van der Waals surface area contributed by atoms with Gasteiger partial charge in [0.05, 0.1) is 0 Å². The van der Waals surface area contributed by atoms with Gasteiger partial charge in [-0.05, 0) is 18.6 Å². The summed E-state index contributed by atoms with van der Waals surface area (Å²) in [4.78, 5) is 2.29. The Morgan fingerprint density at radius 3 is 2.56 bits per heavy atom. The van der Waals surface area contributed by atoms with Gasteiger partial charge in [-0.1, -0.05) is 43.1 Å². The van der Waals surface area contributed by atoms with Gasteiger partial charge in [-0.3, -0.25) is 0 Å². The standard InChI is InChI=1S/C14H23N3O/c1-2-3-7-11-17(12-10-14(15)16-18)13-8-5-4-6-9-13/h4-6,8-9,18H,2-3,7,10-12H2,1H3,(H2,15,16). The molecule has 0 aromatic heterocycles. The molecule has 3 N–H and O–H groups in total. The average Bonchev–Trinajstić information content (AvgIpc) is 2.43. The van der Waals surface area contributed by atoms with Crippen LogP contribution in [-0.4, -0.2) is 24.1 Å². The monoisotopic (exact) mass is 249 g/mol. The number of anilines is 1. The number of para-hydroxylation sites is 1. The van der Waals surface area contributed by atoms with E-state index in [2.05, 4.69) is 29.1 Å². The SMILES string of the molecule is CCCCCN(CC/C(N)=N/O)c1ccccc1. The van der Waals surface area contributed by atoms with Gasteiger partial charge in [0.15, 0.2) is 0 Å². The minimum Gasteiger partial charge on any atom is -0.409 e. The Morgan fingerprint density at radius 1 is 1.22 bits per heavy atom. The van der Waals surface area contributed by atoms with Gasteiger partial charge in [-0.25, -0.2) is 0 Å². The smallest absolute Gasteiger partial charge is 0.140 e. The number of amidine groups is 1. The minimum absolute atomic E-state index is 0.284. The molecule has 0 saturated heterocycles. The molecule has 4 nitrogen and oxygen atoms in total. The predicted octanol–water partition coefficient (Wildman–Crippen LogP) is 2.82. The number of hydrogen-bond donors (Lipinski definition) is 2. The largest absolute Gasteiger partial charge is 0.409 e. The predicted molar refractivity (Wildman–Crippen MR) is 76.2 cm³/mol.